The van der Waals surface area contributed by atoms with Gasteiger partial charge >= 0.3 is 0 Å². The number of hydrogen-bond donors (Lipinski definition) is 0. The standard InChI is InChI=1S/C72H40B2/c1-3-11-43-27-53-33-59(21-17-49(53)25-41(43)9-1)73-65-39-57-31-47-15-7-5-13-45(47)29-55(57)35-63(65)71-61-23-20-52-38-68-72(62-24-19-51(37-67(71)73)69(61)70(52)62)64-36-56-30-46-14-6-8-16-48(46)32-58(56)40-66(64)74(68)60-22-18-50-26-42-10-2-4-12-44(42)28-54(50)34-60/h1-40H. The lowest BCUT2D eigenvalue weighted by Gasteiger charge is -2.19. The van der Waals surface area contributed by atoms with Crippen molar-refractivity contribution in [1.82, 2.24) is 0 Å². The van der Waals surface area contributed by atoms with Crippen LogP contribution in [0, 0.1) is 0 Å². The van der Waals surface area contributed by atoms with Crippen molar-refractivity contribution >= 4 is 165 Å². The van der Waals surface area contributed by atoms with Gasteiger partial charge in [0, 0.05) is 0 Å². The molecular formula is C72H40B2. The summed E-state index contributed by atoms with van der Waals surface area (Å²) in [5.74, 6) is 0. The second-order valence-corrected chi connectivity index (χ2v) is 21.6. The molecule has 0 fully saturated rings. The highest BCUT2D eigenvalue weighted by molar-refractivity contribution is 7.00. The van der Waals surface area contributed by atoms with Crippen LogP contribution in [0.15, 0.2) is 243 Å². The summed E-state index contributed by atoms with van der Waals surface area (Å²) in [5.41, 5.74) is 13.7. The van der Waals surface area contributed by atoms with E-state index in [4.69, 9.17) is 0 Å². The van der Waals surface area contributed by atoms with Crippen LogP contribution in [0.1, 0.15) is 0 Å². The zero-order valence-corrected chi connectivity index (χ0v) is 40.2. The predicted octanol–water partition coefficient (Wildman–Crippen LogP) is 14.8. The Balaban J connectivity index is 0.905. The van der Waals surface area contributed by atoms with Gasteiger partial charge in [-0.15, -0.1) is 0 Å². The molecule has 16 aromatic carbocycles. The van der Waals surface area contributed by atoms with E-state index in [-0.39, 0.29) is 13.4 Å². The smallest absolute Gasteiger partial charge is 0.0680 e. The van der Waals surface area contributed by atoms with Gasteiger partial charge in [0.1, 0.15) is 0 Å². The maximum Gasteiger partial charge on any atom is 0.242 e. The van der Waals surface area contributed by atoms with Crippen LogP contribution in [0.25, 0.3) is 141 Å². The maximum atomic E-state index is 2.56. The van der Waals surface area contributed by atoms with Crippen molar-refractivity contribution in [2.24, 2.45) is 0 Å². The van der Waals surface area contributed by atoms with Gasteiger partial charge in [0.15, 0.2) is 0 Å². The third-order valence-corrected chi connectivity index (χ3v) is 17.6. The van der Waals surface area contributed by atoms with E-state index in [1.165, 1.54) is 174 Å². The number of benzene rings is 16. The molecule has 0 aromatic heterocycles. The molecule has 0 nitrogen and oxygen atoms in total. The van der Waals surface area contributed by atoms with E-state index in [1.54, 1.807) is 0 Å². The molecule has 0 N–H and O–H groups in total. The molecule has 0 aliphatic carbocycles. The van der Waals surface area contributed by atoms with Crippen molar-refractivity contribution < 1.29 is 0 Å². The first-order chi connectivity index (χ1) is 36.6. The predicted molar refractivity (Wildman–Crippen MR) is 323 cm³/mol. The zero-order valence-electron chi connectivity index (χ0n) is 40.2. The molecule has 2 heterocycles. The first-order valence-electron chi connectivity index (χ1n) is 26.2. The van der Waals surface area contributed by atoms with E-state index in [1.807, 2.05) is 0 Å². The van der Waals surface area contributed by atoms with Gasteiger partial charge < -0.3 is 0 Å². The lowest BCUT2D eigenvalue weighted by atomic mass is 9.38. The monoisotopic (exact) mass is 926 g/mol. The summed E-state index contributed by atoms with van der Waals surface area (Å²) in [6.07, 6.45) is 0. The van der Waals surface area contributed by atoms with Crippen LogP contribution in [0.5, 0.6) is 0 Å². The molecule has 0 atom stereocenters. The molecule has 2 aliphatic rings. The molecule has 0 saturated carbocycles. The Morgan fingerprint density at radius 1 is 0.189 bits per heavy atom. The summed E-state index contributed by atoms with van der Waals surface area (Å²) in [7, 11) is 0. The summed E-state index contributed by atoms with van der Waals surface area (Å²) < 4.78 is 0. The van der Waals surface area contributed by atoms with Crippen LogP contribution >= 0.6 is 0 Å². The molecule has 0 bridgehead atoms. The van der Waals surface area contributed by atoms with Crippen molar-refractivity contribution in [2.45, 2.75) is 0 Å². The molecule has 0 unspecified atom stereocenters. The van der Waals surface area contributed by atoms with E-state index < -0.39 is 0 Å². The minimum Gasteiger partial charge on any atom is -0.0680 e. The van der Waals surface area contributed by atoms with E-state index in [0.717, 1.165) is 0 Å². The normalized spacial score (nSPS) is 13.1. The van der Waals surface area contributed by atoms with Crippen LogP contribution in [0.4, 0.5) is 0 Å². The largest absolute Gasteiger partial charge is 0.242 e. The molecule has 0 spiro atoms. The second kappa shape index (κ2) is 14.3. The molecule has 2 aliphatic heterocycles. The molecule has 0 saturated heterocycles. The Morgan fingerprint density at radius 2 is 0.459 bits per heavy atom. The third-order valence-electron chi connectivity index (χ3n) is 17.6. The van der Waals surface area contributed by atoms with Crippen LogP contribution in [-0.2, 0) is 0 Å². The summed E-state index contributed by atoms with van der Waals surface area (Å²) in [6.45, 7) is 0.157. The van der Waals surface area contributed by atoms with Crippen LogP contribution in [0.3, 0.4) is 0 Å². The summed E-state index contributed by atoms with van der Waals surface area (Å²) in [6, 6.07) is 93.7. The molecule has 334 valence electrons. The van der Waals surface area contributed by atoms with Crippen molar-refractivity contribution in [3.05, 3.63) is 243 Å². The molecule has 0 amide bonds. The fourth-order valence-electron chi connectivity index (χ4n) is 14.3. The summed E-state index contributed by atoms with van der Waals surface area (Å²) in [4.78, 5) is 0. The average Bonchev–Trinajstić information content (AvgIpc) is 3.95. The Hall–Kier alpha value is -9.23. The molecule has 74 heavy (non-hydrogen) atoms. The van der Waals surface area contributed by atoms with E-state index in [9.17, 15) is 0 Å². The fraction of sp³-hybridized carbons (Fsp3) is 0. The van der Waals surface area contributed by atoms with Crippen molar-refractivity contribution in [3.8, 4) is 22.3 Å². The maximum absolute atomic E-state index is 2.56. The first-order valence-corrected chi connectivity index (χ1v) is 26.2. The van der Waals surface area contributed by atoms with Crippen LogP contribution in [0.2, 0.25) is 0 Å². The van der Waals surface area contributed by atoms with Gasteiger partial charge in [-0.05, 0) is 201 Å². The Bertz CT molecular complexity index is 4890. The van der Waals surface area contributed by atoms with Gasteiger partial charge in [-0.3, -0.25) is 0 Å². The van der Waals surface area contributed by atoms with Gasteiger partial charge in [0.2, 0.25) is 13.4 Å². The highest BCUT2D eigenvalue weighted by Crippen LogP contribution is 2.45. The number of fused-ring (bicyclic) bond motifs is 16. The minimum atomic E-state index is 0.0786. The first kappa shape index (κ1) is 39.4. The Morgan fingerprint density at radius 3 is 0.811 bits per heavy atom. The fourth-order valence-corrected chi connectivity index (χ4v) is 14.3. The SMILES string of the molecule is c1ccc2cc3cc(B4c5cc6cc7ccccc7cc6cc5-c5c4cc4ccc6c7c(cc8ccc5c4c86)B(c4ccc5cc6ccccc6cc5c4)c4cc5cc6ccccc6cc5cc4-7)ccc3cc2c1. The highest BCUT2D eigenvalue weighted by atomic mass is 14.3. The van der Waals surface area contributed by atoms with Gasteiger partial charge in [-0.2, -0.15) is 0 Å². The van der Waals surface area contributed by atoms with E-state index in [2.05, 4.69) is 243 Å². The number of hydrogen-bond acceptors (Lipinski definition) is 0. The Labute approximate surface area is 427 Å². The summed E-state index contributed by atoms with van der Waals surface area (Å²) in [5, 5.41) is 28.5. The van der Waals surface area contributed by atoms with Crippen LogP contribution in [-0.4, -0.2) is 13.4 Å². The Kier molecular flexibility index (Phi) is 7.59. The van der Waals surface area contributed by atoms with Gasteiger partial charge in [-0.25, -0.2) is 0 Å². The van der Waals surface area contributed by atoms with E-state index in [0.29, 0.717) is 0 Å². The molecule has 18 rings (SSSR count). The zero-order chi connectivity index (χ0) is 47.9. The lowest BCUT2D eigenvalue weighted by molar-refractivity contribution is 1.77. The quantitative estimate of drug-likeness (QED) is 0.0921. The molecular weight excluding hydrogens is 886 g/mol. The minimum absolute atomic E-state index is 0.0786. The van der Waals surface area contributed by atoms with Gasteiger partial charge in [-0.1, -0.05) is 215 Å². The van der Waals surface area contributed by atoms with E-state index >= 15 is 0 Å². The average molecular weight is 927 g/mol. The lowest BCUT2D eigenvalue weighted by Crippen LogP contribution is -2.49. The van der Waals surface area contributed by atoms with Gasteiger partial charge in [0.25, 0.3) is 0 Å². The summed E-state index contributed by atoms with van der Waals surface area (Å²) >= 11 is 0. The molecule has 2 heteroatoms. The third kappa shape index (κ3) is 5.39. The van der Waals surface area contributed by atoms with Crippen molar-refractivity contribution in [2.75, 3.05) is 0 Å². The van der Waals surface area contributed by atoms with Crippen LogP contribution < -0.4 is 32.8 Å². The topological polar surface area (TPSA) is 0 Å². The van der Waals surface area contributed by atoms with Crippen molar-refractivity contribution in [3.63, 3.8) is 0 Å². The second-order valence-electron chi connectivity index (χ2n) is 21.6. The number of rotatable bonds is 2. The molecule has 0 radical (unpaired) electrons. The molecule has 16 aromatic rings. The van der Waals surface area contributed by atoms with Crippen molar-refractivity contribution in [1.29, 1.82) is 0 Å². The van der Waals surface area contributed by atoms with Gasteiger partial charge in [0.05, 0.1) is 0 Å². The highest BCUT2D eigenvalue weighted by Gasteiger charge is 2.39.